The number of hydrogen-bond acceptors (Lipinski definition) is 3. The van der Waals surface area contributed by atoms with Crippen LogP contribution in [-0.4, -0.2) is 12.2 Å². The van der Waals surface area contributed by atoms with E-state index in [1.807, 2.05) is 12.1 Å². The third-order valence-corrected chi connectivity index (χ3v) is 3.15. The van der Waals surface area contributed by atoms with E-state index in [1.54, 1.807) is 13.2 Å². The van der Waals surface area contributed by atoms with Gasteiger partial charge in [0.1, 0.15) is 11.5 Å². The Morgan fingerprint density at radius 2 is 1.89 bits per heavy atom. The Bertz CT molecular complexity index is 579. The molecular weight excluding hydrogens is 238 g/mol. The van der Waals surface area contributed by atoms with E-state index < -0.39 is 0 Å². The second-order valence-electron chi connectivity index (χ2n) is 4.67. The van der Waals surface area contributed by atoms with Crippen LogP contribution in [0.25, 0.3) is 0 Å². The molecule has 100 valence electrons. The number of aryl methyl sites for hydroxylation is 2. The van der Waals surface area contributed by atoms with Gasteiger partial charge in [-0.2, -0.15) is 0 Å². The topological polar surface area (TPSA) is 41.5 Å². The fourth-order valence-electron chi connectivity index (χ4n) is 1.94. The summed E-state index contributed by atoms with van der Waals surface area (Å²) in [7, 11) is 1.59. The van der Waals surface area contributed by atoms with E-state index in [0.717, 1.165) is 11.3 Å². The van der Waals surface area contributed by atoms with Crippen molar-refractivity contribution >= 4 is 5.69 Å². The monoisotopic (exact) mass is 257 g/mol. The third kappa shape index (κ3) is 3.19. The molecule has 2 aromatic rings. The lowest BCUT2D eigenvalue weighted by Crippen LogP contribution is -2.01. The zero-order valence-electron chi connectivity index (χ0n) is 11.5. The van der Waals surface area contributed by atoms with Crippen LogP contribution < -0.4 is 10.1 Å². The number of rotatable bonds is 4. The standard InChI is InChI=1S/C16H19NO2/c1-11-4-5-12(2)15(8-11)17-10-13-6-7-14(19-3)9-16(13)18/h4-9,17-18H,10H2,1-3H3. The van der Waals surface area contributed by atoms with E-state index in [1.165, 1.54) is 11.1 Å². The maximum atomic E-state index is 9.90. The number of phenolic OH excluding ortho intramolecular Hbond substituents is 1. The Labute approximate surface area is 113 Å². The Morgan fingerprint density at radius 3 is 2.58 bits per heavy atom. The minimum Gasteiger partial charge on any atom is -0.507 e. The molecule has 0 amide bonds. The Kier molecular flexibility index (Phi) is 3.95. The fourth-order valence-corrected chi connectivity index (χ4v) is 1.94. The number of nitrogens with one attached hydrogen (secondary N) is 1. The lowest BCUT2D eigenvalue weighted by molar-refractivity contribution is 0.406. The first-order chi connectivity index (χ1) is 9.10. The van der Waals surface area contributed by atoms with Crippen molar-refractivity contribution in [2.45, 2.75) is 20.4 Å². The van der Waals surface area contributed by atoms with Crippen molar-refractivity contribution in [1.29, 1.82) is 0 Å². The average Bonchev–Trinajstić information content (AvgIpc) is 2.40. The number of hydrogen-bond donors (Lipinski definition) is 2. The van der Waals surface area contributed by atoms with E-state index in [4.69, 9.17) is 4.74 Å². The van der Waals surface area contributed by atoms with Gasteiger partial charge in [0, 0.05) is 23.9 Å². The summed E-state index contributed by atoms with van der Waals surface area (Å²) in [6, 6.07) is 11.6. The van der Waals surface area contributed by atoms with E-state index in [9.17, 15) is 5.11 Å². The molecule has 2 aromatic carbocycles. The first-order valence-corrected chi connectivity index (χ1v) is 6.27. The van der Waals surface area contributed by atoms with E-state index >= 15 is 0 Å². The summed E-state index contributed by atoms with van der Waals surface area (Å²) >= 11 is 0. The Balaban J connectivity index is 2.12. The highest BCUT2D eigenvalue weighted by molar-refractivity contribution is 5.53. The van der Waals surface area contributed by atoms with Crippen LogP contribution in [0.4, 0.5) is 5.69 Å². The maximum Gasteiger partial charge on any atom is 0.124 e. The van der Waals surface area contributed by atoms with Crippen LogP contribution >= 0.6 is 0 Å². The minimum atomic E-state index is 0.247. The molecule has 0 radical (unpaired) electrons. The van der Waals surface area contributed by atoms with Crippen LogP contribution in [-0.2, 0) is 6.54 Å². The highest BCUT2D eigenvalue weighted by Crippen LogP contribution is 2.25. The second-order valence-corrected chi connectivity index (χ2v) is 4.67. The van der Waals surface area contributed by atoms with Gasteiger partial charge in [0.15, 0.2) is 0 Å². The average molecular weight is 257 g/mol. The molecule has 0 bridgehead atoms. The molecule has 19 heavy (non-hydrogen) atoms. The van der Waals surface area contributed by atoms with Gasteiger partial charge in [-0.1, -0.05) is 12.1 Å². The molecule has 0 spiro atoms. The van der Waals surface area contributed by atoms with Crippen LogP contribution in [0.3, 0.4) is 0 Å². The van der Waals surface area contributed by atoms with Crippen molar-refractivity contribution in [2.75, 3.05) is 12.4 Å². The van der Waals surface area contributed by atoms with Gasteiger partial charge < -0.3 is 15.2 Å². The zero-order chi connectivity index (χ0) is 13.8. The predicted molar refractivity (Wildman–Crippen MR) is 77.9 cm³/mol. The number of ether oxygens (including phenoxy) is 1. The lowest BCUT2D eigenvalue weighted by Gasteiger charge is -2.12. The highest BCUT2D eigenvalue weighted by atomic mass is 16.5. The minimum absolute atomic E-state index is 0.247. The summed E-state index contributed by atoms with van der Waals surface area (Å²) in [5.41, 5.74) is 4.35. The van der Waals surface area contributed by atoms with Crippen molar-refractivity contribution in [3.05, 3.63) is 53.1 Å². The number of benzene rings is 2. The highest BCUT2D eigenvalue weighted by Gasteiger charge is 2.04. The van der Waals surface area contributed by atoms with Gasteiger partial charge in [-0.05, 0) is 43.2 Å². The molecule has 0 fully saturated rings. The maximum absolute atomic E-state index is 9.90. The summed E-state index contributed by atoms with van der Waals surface area (Å²) < 4.78 is 5.07. The smallest absolute Gasteiger partial charge is 0.124 e. The summed E-state index contributed by atoms with van der Waals surface area (Å²) in [6.45, 7) is 4.71. The fraction of sp³-hybridized carbons (Fsp3) is 0.250. The molecule has 2 N–H and O–H groups in total. The molecule has 2 rings (SSSR count). The van der Waals surface area contributed by atoms with E-state index in [0.29, 0.717) is 12.3 Å². The number of methoxy groups -OCH3 is 1. The van der Waals surface area contributed by atoms with Crippen molar-refractivity contribution in [3.63, 3.8) is 0 Å². The zero-order valence-corrected chi connectivity index (χ0v) is 11.5. The van der Waals surface area contributed by atoms with Crippen LogP contribution in [0.1, 0.15) is 16.7 Å². The number of aromatic hydroxyl groups is 1. The van der Waals surface area contributed by atoms with Gasteiger partial charge in [0.05, 0.1) is 7.11 Å². The van der Waals surface area contributed by atoms with Gasteiger partial charge in [0.25, 0.3) is 0 Å². The molecule has 0 saturated heterocycles. The Morgan fingerprint density at radius 1 is 1.11 bits per heavy atom. The van der Waals surface area contributed by atoms with E-state index in [-0.39, 0.29) is 5.75 Å². The molecule has 0 unspecified atom stereocenters. The van der Waals surface area contributed by atoms with Crippen LogP contribution in [0.15, 0.2) is 36.4 Å². The Hall–Kier alpha value is -2.16. The van der Waals surface area contributed by atoms with Crippen LogP contribution in [0, 0.1) is 13.8 Å². The molecular formula is C16H19NO2. The summed E-state index contributed by atoms with van der Waals surface area (Å²) in [6.07, 6.45) is 0. The van der Waals surface area contributed by atoms with Gasteiger partial charge in [-0.25, -0.2) is 0 Å². The molecule has 0 aliphatic heterocycles. The van der Waals surface area contributed by atoms with E-state index in [2.05, 4.69) is 37.4 Å². The molecule has 0 aliphatic rings. The molecule has 0 saturated carbocycles. The van der Waals surface area contributed by atoms with Crippen molar-refractivity contribution < 1.29 is 9.84 Å². The van der Waals surface area contributed by atoms with Gasteiger partial charge in [0.2, 0.25) is 0 Å². The summed E-state index contributed by atoms with van der Waals surface area (Å²) in [4.78, 5) is 0. The second kappa shape index (κ2) is 5.65. The predicted octanol–water partition coefficient (Wildman–Crippen LogP) is 3.63. The largest absolute Gasteiger partial charge is 0.507 e. The first kappa shape index (κ1) is 13.3. The summed E-state index contributed by atoms with van der Waals surface area (Å²) in [5.74, 6) is 0.908. The molecule has 3 heteroatoms. The SMILES string of the molecule is COc1ccc(CNc2cc(C)ccc2C)c(O)c1. The molecule has 0 heterocycles. The summed E-state index contributed by atoms with van der Waals surface area (Å²) in [5, 5.41) is 13.3. The molecule has 3 nitrogen and oxygen atoms in total. The normalized spacial score (nSPS) is 10.3. The third-order valence-electron chi connectivity index (χ3n) is 3.15. The molecule has 0 atom stereocenters. The lowest BCUT2D eigenvalue weighted by atomic mass is 10.1. The van der Waals surface area contributed by atoms with Gasteiger partial charge in [-0.15, -0.1) is 0 Å². The van der Waals surface area contributed by atoms with Crippen molar-refractivity contribution in [2.24, 2.45) is 0 Å². The number of anilines is 1. The molecule has 0 aromatic heterocycles. The van der Waals surface area contributed by atoms with Crippen LogP contribution in [0.5, 0.6) is 11.5 Å². The quantitative estimate of drug-likeness (QED) is 0.878. The first-order valence-electron chi connectivity index (χ1n) is 6.27. The number of phenols is 1. The van der Waals surface area contributed by atoms with Crippen molar-refractivity contribution in [3.8, 4) is 11.5 Å². The van der Waals surface area contributed by atoms with Gasteiger partial charge >= 0.3 is 0 Å². The molecule has 0 aliphatic carbocycles. The van der Waals surface area contributed by atoms with Gasteiger partial charge in [-0.3, -0.25) is 0 Å². The van der Waals surface area contributed by atoms with Crippen molar-refractivity contribution in [1.82, 2.24) is 0 Å². The van der Waals surface area contributed by atoms with Crippen LogP contribution in [0.2, 0.25) is 0 Å².